The Morgan fingerprint density at radius 2 is 0.803 bits per heavy atom. The van der Waals surface area contributed by atoms with Crippen molar-refractivity contribution < 1.29 is 42.9 Å². The van der Waals surface area contributed by atoms with Gasteiger partial charge in [0.1, 0.15) is 13.2 Å². The summed E-state index contributed by atoms with van der Waals surface area (Å²) in [6, 6.07) is 0. The molecule has 0 aliphatic carbocycles. The van der Waals surface area contributed by atoms with Crippen molar-refractivity contribution in [2.24, 2.45) is 0 Å². The predicted molar refractivity (Wildman–Crippen MR) is 299 cm³/mol. The number of allylic oxidation sites excluding steroid dienone is 14. The summed E-state index contributed by atoms with van der Waals surface area (Å²) in [6.45, 7) is 4.68. The van der Waals surface area contributed by atoms with Crippen LogP contribution in [0.5, 0.6) is 0 Å². The summed E-state index contributed by atoms with van der Waals surface area (Å²) in [4.78, 5) is 37.3. The zero-order valence-corrected chi connectivity index (χ0v) is 46.4. The summed E-state index contributed by atoms with van der Waals surface area (Å²) in [6.07, 6.45) is 66.7. The second kappa shape index (κ2) is 52.8. The molecule has 1 N–H and O–H groups in total. The van der Waals surface area contributed by atoms with Gasteiger partial charge in [-0.2, -0.15) is 0 Å². The molecule has 0 aromatic heterocycles. The molecule has 9 heteroatoms. The van der Waals surface area contributed by atoms with E-state index < -0.39 is 24.3 Å². The summed E-state index contributed by atoms with van der Waals surface area (Å²) in [5.74, 6) is -2.02. The number of ether oxygens (including phenoxy) is 4. The lowest BCUT2D eigenvalue weighted by Crippen LogP contribution is -2.40. The third-order valence-corrected chi connectivity index (χ3v) is 12.1. The molecule has 0 rings (SSSR count). The van der Waals surface area contributed by atoms with Gasteiger partial charge in [-0.3, -0.25) is 9.59 Å². The Morgan fingerprint density at radius 3 is 1.20 bits per heavy atom. The summed E-state index contributed by atoms with van der Waals surface area (Å²) in [5.41, 5.74) is 0. The topological polar surface area (TPSA) is 108 Å². The van der Waals surface area contributed by atoms with Crippen LogP contribution in [-0.2, 0) is 33.3 Å². The van der Waals surface area contributed by atoms with Crippen LogP contribution in [0.15, 0.2) is 85.1 Å². The van der Waals surface area contributed by atoms with Crippen LogP contribution in [-0.4, -0.2) is 87.4 Å². The van der Waals surface area contributed by atoms with E-state index in [4.69, 9.17) is 18.9 Å². The van der Waals surface area contributed by atoms with Crippen LogP contribution in [0, 0.1) is 0 Å². The van der Waals surface area contributed by atoms with Crippen molar-refractivity contribution in [3.05, 3.63) is 85.1 Å². The lowest BCUT2D eigenvalue weighted by molar-refractivity contribution is -0.870. The second-order valence-electron chi connectivity index (χ2n) is 20.2. The van der Waals surface area contributed by atoms with Crippen LogP contribution in [0.4, 0.5) is 0 Å². The number of esters is 2. The molecule has 0 amide bonds. The predicted octanol–water partition coefficient (Wildman–Crippen LogP) is 16.8. The Hall–Kier alpha value is -3.53. The molecule has 0 saturated carbocycles. The maximum absolute atomic E-state index is 12.9. The smallest absolute Gasteiger partial charge is 0.361 e. The Morgan fingerprint density at radius 1 is 0.437 bits per heavy atom. The van der Waals surface area contributed by atoms with Gasteiger partial charge in [0, 0.05) is 12.8 Å². The average molecular weight is 996 g/mol. The molecule has 0 fully saturated rings. The van der Waals surface area contributed by atoms with E-state index in [2.05, 4.69) is 98.9 Å². The van der Waals surface area contributed by atoms with Gasteiger partial charge in [0.05, 0.1) is 34.4 Å². The number of carbonyl (C=O) groups excluding carboxylic acids is 2. The maximum atomic E-state index is 12.9. The molecule has 0 spiro atoms. The molecule has 2 unspecified atom stereocenters. The quantitative estimate of drug-likeness (QED) is 0.0211. The van der Waals surface area contributed by atoms with Gasteiger partial charge in [-0.25, -0.2) is 4.79 Å². The number of nitrogens with zero attached hydrogens (tertiary/aromatic N) is 1. The van der Waals surface area contributed by atoms with E-state index >= 15 is 0 Å². The van der Waals surface area contributed by atoms with Gasteiger partial charge >= 0.3 is 17.9 Å². The summed E-state index contributed by atoms with van der Waals surface area (Å²) in [7, 11) is 5.96. The Bertz CT molecular complexity index is 1440. The minimum absolute atomic E-state index is 0.183. The number of quaternary nitrogens is 1. The number of carboxylic acid groups (broad SMARTS) is 1. The van der Waals surface area contributed by atoms with Crippen LogP contribution in [0.1, 0.15) is 232 Å². The summed E-state index contributed by atoms with van der Waals surface area (Å²) >= 11 is 0. The number of hydrogen-bond donors (Lipinski definition) is 1. The number of aliphatic carboxylic acids is 1. The molecule has 0 saturated heterocycles. The zero-order chi connectivity index (χ0) is 52.0. The first-order chi connectivity index (χ1) is 34.6. The molecular formula is C62H108NO8+. The summed E-state index contributed by atoms with van der Waals surface area (Å²) < 4.78 is 22.8. The van der Waals surface area contributed by atoms with E-state index in [0.717, 1.165) is 103 Å². The number of hydrogen-bond acceptors (Lipinski definition) is 7. The van der Waals surface area contributed by atoms with Gasteiger partial charge in [-0.1, -0.05) is 221 Å². The van der Waals surface area contributed by atoms with Gasteiger partial charge in [0.2, 0.25) is 0 Å². The first-order valence-electron chi connectivity index (χ1n) is 28.8. The van der Waals surface area contributed by atoms with Gasteiger partial charge in [0.15, 0.2) is 6.10 Å². The molecule has 0 bridgehead atoms. The SMILES string of the molecule is CC/C=C\C/C=C\C/C=C\C/C=C\C/C=C\CCCCCCCCCCCCCCCCCCCC(=O)OC(COC(=O)CCCCCCC/C=C\C/C=C\CCC)COC(OCC[N+](C)(C)C)C(=O)O. The monoisotopic (exact) mass is 995 g/mol. The maximum Gasteiger partial charge on any atom is 0.361 e. The fourth-order valence-electron chi connectivity index (χ4n) is 7.73. The van der Waals surface area contributed by atoms with Gasteiger partial charge in [0.25, 0.3) is 6.29 Å². The molecule has 9 nitrogen and oxygen atoms in total. The van der Waals surface area contributed by atoms with Crippen molar-refractivity contribution in [3.63, 3.8) is 0 Å². The second-order valence-corrected chi connectivity index (χ2v) is 20.2. The Balaban J connectivity index is 4.11. The largest absolute Gasteiger partial charge is 0.477 e. The van der Waals surface area contributed by atoms with E-state index in [9.17, 15) is 19.5 Å². The first kappa shape index (κ1) is 67.5. The molecule has 0 aromatic rings. The van der Waals surface area contributed by atoms with Crippen LogP contribution >= 0.6 is 0 Å². The molecule has 0 heterocycles. The van der Waals surface area contributed by atoms with E-state index in [1.807, 2.05) is 21.1 Å². The van der Waals surface area contributed by atoms with Crippen LogP contribution in [0.25, 0.3) is 0 Å². The van der Waals surface area contributed by atoms with Crippen molar-refractivity contribution >= 4 is 17.9 Å². The van der Waals surface area contributed by atoms with Crippen molar-refractivity contribution in [2.75, 3.05) is 47.5 Å². The molecule has 0 aliphatic rings. The Kier molecular flexibility index (Phi) is 50.2. The highest BCUT2D eigenvalue weighted by Gasteiger charge is 2.25. The normalized spacial score (nSPS) is 13.4. The molecule has 408 valence electrons. The van der Waals surface area contributed by atoms with E-state index in [0.29, 0.717) is 11.0 Å². The lowest BCUT2D eigenvalue weighted by atomic mass is 10.0. The number of carbonyl (C=O) groups is 3. The minimum Gasteiger partial charge on any atom is -0.477 e. The number of carboxylic acids is 1. The third kappa shape index (κ3) is 54.1. The molecule has 0 aliphatic heterocycles. The standard InChI is InChI=1S/C62H107NO8/c1-6-8-10-12-14-16-18-20-21-22-23-24-25-26-27-28-29-30-31-32-33-34-35-36-37-38-39-41-43-45-47-49-51-53-60(65)71-58(57-70-62(61(66)67)68-55-54-63(3,4)5)56-69-59(64)52-50-48-46-44-42-40-19-17-15-13-11-9-7-2/h8,10-11,13-14,16-17,19-21,23-24,26-27,58,62H,6-7,9,12,15,18,22,25,28-57H2,1-5H3/p+1/b10-8-,13-11-,16-14-,19-17-,21-20-,24-23-,27-26-. The molecule has 2 atom stereocenters. The van der Waals surface area contributed by atoms with E-state index in [-0.39, 0.29) is 38.6 Å². The zero-order valence-electron chi connectivity index (χ0n) is 46.4. The number of unbranched alkanes of at least 4 members (excludes halogenated alkanes) is 23. The molecular weight excluding hydrogens is 887 g/mol. The van der Waals surface area contributed by atoms with Gasteiger partial charge in [-0.05, 0) is 83.5 Å². The summed E-state index contributed by atoms with van der Waals surface area (Å²) in [5, 5.41) is 9.68. The van der Waals surface area contributed by atoms with Crippen molar-refractivity contribution in [1.82, 2.24) is 0 Å². The van der Waals surface area contributed by atoms with Crippen LogP contribution < -0.4 is 0 Å². The third-order valence-electron chi connectivity index (χ3n) is 12.1. The van der Waals surface area contributed by atoms with Crippen molar-refractivity contribution in [2.45, 2.75) is 245 Å². The fraction of sp³-hybridized carbons (Fsp3) is 0.726. The van der Waals surface area contributed by atoms with Crippen LogP contribution in [0.2, 0.25) is 0 Å². The highest BCUT2D eigenvalue weighted by molar-refractivity contribution is 5.71. The van der Waals surface area contributed by atoms with Gasteiger partial charge < -0.3 is 28.5 Å². The molecule has 0 radical (unpaired) electrons. The highest BCUT2D eigenvalue weighted by atomic mass is 16.7. The lowest BCUT2D eigenvalue weighted by Gasteiger charge is -2.25. The van der Waals surface area contributed by atoms with Crippen molar-refractivity contribution in [1.29, 1.82) is 0 Å². The number of rotatable bonds is 52. The van der Waals surface area contributed by atoms with E-state index in [1.54, 1.807) is 0 Å². The van der Waals surface area contributed by atoms with E-state index in [1.165, 1.54) is 103 Å². The molecule has 71 heavy (non-hydrogen) atoms. The van der Waals surface area contributed by atoms with Crippen molar-refractivity contribution in [3.8, 4) is 0 Å². The van der Waals surface area contributed by atoms with Gasteiger partial charge in [-0.15, -0.1) is 0 Å². The Labute approximate surface area is 436 Å². The minimum atomic E-state index is -1.51. The van der Waals surface area contributed by atoms with Crippen LogP contribution in [0.3, 0.4) is 0 Å². The number of likely N-dealkylation sites (N-methyl/N-ethyl adjacent to an activating group) is 1. The average Bonchev–Trinajstić information content (AvgIpc) is 3.34. The highest BCUT2D eigenvalue weighted by Crippen LogP contribution is 2.16. The first-order valence-corrected chi connectivity index (χ1v) is 28.8. The fourth-order valence-corrected chi connectivity index (χ4v) is 7.73. The molecule has 0 aromatic carbocycles.